The monoisotopic (exact) mass is 227 g/mol. The SMILES string of the molecule is CCc1nn2c([nH]c(=O)c3ccccc32)c1C. The fourth-order valence-electron chi connectivity index (χ4n) is 2.22. The smallest absolute Gasteiger partial charge is 0.259 e. The average molecular weight is 227 g/mol. The first-order chi connectivity index (χ1) is 8.22. The van der Waals surface area contributed by atoms with Crippen molar-refractivity contribution in [3.05, 3.63) is 45.9 Å². The third kappa shape index (κ3) is 1.30. The number of H-pyrrole nitrogens is 1. The zero-order valence-electron chi connectivity index (χ0n) is 9.82. The molecule has 4 heteroatoms. The number of hydrogen-bond donors (Lipinski definition) is 1. The Morgan fingerprint density at radius 2 is 2.12 bits per heavy atom. The molecule has 0 saturated carbocycles. The molecule has 0 spiro atoms. The van der Waals surface area contributed by atoms with Gasteiger partial charge in [0.1, 0.15) is 5.65 Å². The molecule has 0 aliphatic rings. The summed E-state index contributed by atoms with van der Waals surface area (Å²) < 4.78 is 1.82. The van der Waals surface area contributed by atoms with Gasteiger partial charge in [0.05, 0.1) is 16.6 Å². The van der Waals surface area contributed by atoms with Crippen LogP contribution in [0.3, 0.4) is 0 Å². The van der Waals surface area contributed by atoms with Crippen LogP contribution >= 0.6 is 0 Å². The zero-order chi connectivity index (χ0) is 12.0. The molecule has 2 aromatic heterocycles. The van der Waals surface area contributed by atoms with E-state index in [1.54, 1.807) is 0 Å². The Balaban J connectivity index is 2.61. The van der Waals surface area contributed by atoms with E-state index in [4.69, 9.17) is 0 Å². The van der Waals surface area contributed by atoms with Gasteiger partial charge in [0.25, 0.3) is 5.56 Å². The predicted octanol–water partition coefficient (Wildman–Crippen LogP) is 2.05. The summed E-state index contributed by atoms with van der Waals surface area (Å²) in [6, 6.07) is 7.52. The molecular weight excluding hydrogens is 214 g/mol. The Kier molecular flexibility index (Phi) is 2.04. The summed E-state index contributed by atoms with van der Waals surface area (Å²) in [6.45, 7) is 4.06. The van der Waals surface area contributed by atoms with Crippen molar-refractivity contribution in [1.29, 1.82) is 0 Å². The van der Waals surface area contributed by atoms with E-state index in [1.165, 1.54) is 0 Å². The molecule has 1 aromatic carbocycles. The third-order valence-electron chi connectivity index (χ3n) is 3.16. The lowest BCUT2D eigenvalue weighted by atomic mass is 10.2. The Morgan fingerprint density at radius 3 is 2.88 bits per heavy atom. The molecule has 4 nitrogen and oxygen atoms in total. The normalized spacial score (nSPS) is 11.4. The van der Waals surface area contributed by atoms with Crippen LogP contribution in [0, 0.1) is 6.92 Å². The maximum Gasteiger partial charge on any atom is 0.259 e. The number of rotatable bonds is 1. The number of nitrogens with one attached hydrogen (secondary N) is 1. The van der Waals surface area contributed by atoms with Gasteiger partial charge in [-0.15, -0.1) is 0 Å². The molecular formula is C13H13N3O. The largest absolute Gasteiger partial charge is 0.306 e. The average Bonchev–Trinajstić information content (AvgIpc) is 2.67. The maximum atomic E-state index is 11.9. The molecule has 0 aliphatic carbocycles. The van der Waals surface area contributed by atoms with Crippen molar-refractivity contribution in [3.63, 3.8) is 0 Å². The van der Waals surface area contributed by atoms with E-state index in [2.05, 4.69) is 17.0 Å². The van der Waals surface area contributed by atoms with Gasteiger partial charge in [-0.05, 0) is 25.5 Å². The second kappa shape index (κ2) is 3.45. The molecule has 0 atom stereocenters. The van der Waals surface area contributed by atoms with E-state index in [-0.39, 0.29) is 5.56 Å². The van der Waals surface area contributed by atoms with Crippen molar-refractivity contribution in [2.24, 2.45) is 0 Å². The number of aromatic amines is 1. The lowest BCUT2D eigenvalue weighted by Crippen LogP contribution is -2.10. The van der Waals surface area contributed by atoms with Crippen LogP contribution < -0.4 is 5.56 Å². The van der Waals surface area contributed by atoms with Crippen molar-refractivity contribution in [2.75, 3.05) is 0 Å². The summed E-state index contributed by atoms with van der Waals surface area (Å²) in [5.74, 6) is 0. The summed E-state index contributed by atoms with van der Waals surface area (Å²) in [4.78, 5) is 14.8. The first-order valence-electron chi connectivity index (χ1n) is 5.71. The Bertz CT molecular complexity index is 767. The summed E-state index contributed by atoms with van der Waals surface area (Å²) in [6.07, 6.45) is 0.865. The van der Waals surface area contributed by atoms with E-state index in [0.29, 0.717) is 5.39 Å². The molecule has 0 radical (unpaired) electrons. The number of hydrogen-bond acceptors (Lipinski definition) is 2. The number of benzene rings is 1. The van der Waals surface area contributed by atoms with Gasteiger partial charge >= 0.3 is 0 Å². The molecule has 3 aromatic rings. The molecule has 1 N–H and O–H groups in total. The van der Waals surface area contributed by atoms with Crippen LogP contribution in [0.5, 0.6) is 0 Å². The second-order valence-corrected chi connectivity index (χ2v) is 4.16. The van der Waals surface area contributed by atoms with Gasteiger partial charge in [0.2, 0.25) is 0 Å². The summed E-state index contributed by atoms with van der Waals surface area (Å²) in [7, 11) is 0. The van der Waals surface area contributed by atoms with Crippen molar-refractivity contribution < 1.29 is 0 Å². The number of para-hydroxylation sites is 1. The molecule has 0 fully saturated rings. The van der Waals surface area contributed by atoms with Gasteiger partial charge in [-0.1, -0.05) is 19.1 Å². The predicted molar refractivity (Wildman–Crippen MR) is 67.4 cm³/mol. The van der Waals surface area contributed by atoms with E-state index >= 15 is 0 Å². The van der Waals surface area contributed by atoms with Crippen LogP contribution in [0.15, 0.2) is 29.1 Å². The minimum atomic E-state index is -0.0567. The van der Waals surface area contributed by atoms with Crippen LogP contribution in [0.25, 0.3) is 16.6 Å². The Morgan fingerprint density at radius 1 is 1.35 bits per heavy atom. The van der Waals surface area contributed by atoms with Gasteiger partial charge in [0.15, 0.2) is 0 Å². The maximum absolute atomic E-state index is 11.9. The molecule has 0 amide bonds. The van der Waals surface area contributed by atoms with E-state index in [1.807, 2.05) is 35.7 Å². The Hall–Kier alpha value is -2.10. The van der Waals surface area contributed by atoms with Crippen molar-refractivity contribution >= 4 is 16.6 Å². The van der Waals surface area contributed by atoms with Gasteiger partial charge in [-0.2, -0.15) is 5.10 Å². The second-order valence-electron chi connectivity index (χ2n) is 4.16. The quantitative estimate of drug-likeness (QED) is 0.691. The zero-order valence-corrected chi connectivity index (χ0v) is 9.82. The molecule has 0 bridgehead atoms. The van der Waals surface area contributed by atoms with Crippen LogP contribution in [0.4, 0.5) is 0 Å². The number of aromatic nitrogens is 3. The minimum absolute atomic E-state index is 0.0567. The van der Waals surface area contributed by atoms with Gasteiger partial charge in [0, 0.05) is 5.56 Å². The minimum Gasteiger partial charge on any atom is -0.306 e. The highest BCUT2D eigenvalue weighted by Crippen LogP contribution is 2.16. The molecule has 0 unspecified atom stereocenters. The number of nitrogens with zero attached hydrogens (tertiary/aromatic N) is 2. The molecule has 3 rings (SSSR count). The topological polar surface area (TPSA) is 50.2 Å². The first-order valence-corrected chi connectivity index (χ1v) is 5.71. The molecule has 0 aliphatic heterocycles. The van der Waals surface area contributed by atoms with Crippen molar-refractivity contribution in [1.82, 2.24) is 14.6 Å². The Labute approximate surface area is 97.9 Å². The molecule has 17 heavy (non-hydrogen) atoms. The number of aryl methyl sites for hydroxylation is 2. The molecule has 0 saturated heterocycles. The van der Waals surface area contributed by atoms with E-state index in [0.717, 1.165) is 28.8 Å². The fourth-order valence-corrected chi connectivity index (χ4v) is 2.22. The van der Waals surface area contributed by atoms with Crippen LogP contribution in [-0.2, 0) is 6.42 Å². The van der Waals surface area contributed by atoms with E-state index < -0.39 is 0 Å². The molecule has 2 heterocycles. The summed E-state index contributed by atoms with van der Waals surface area (Å²) >= 11 is 0. The molecule has 86 valence electrons. The summed E-state index contributed by atoms with van der Waals surface area (Å²) in [5, 5.41) is 5.22. The highest BCUT2D eigenvalue weighted by molar-refractivity contribution is 5.80. The van der Waals surface area contributed by atoms with Gasteiger partial charge < -0.3 is 4.98 Å². The third-order valence-corrected chi connectivity index (χ3v) is 3.16. The standard InChI is InChI=1S/C13H13N3O/c1-3-10-8(2)12-14-13(17)9-6-4-5-7-11(9)16(12)15-10/h4-7H,3H2,1-2H3,(H,14,17). The highest BCUT2D eigenvalue weighted by atomic mass is 16.1. The van der Waals surface area contributed by atoms with Crippen molar-refractivity contribution in [3.8, 4) is 0 Å². The fraction of sp³-hybridized carbons (Fsp3) is 0.231. The van der Waals surface area contributed by atoms with Crippen LogP contribution in [-0.4, -0.2) is 14.6 Å². The highest BCUT2D eigenvalue weighted by Gasteiger charge is 2.11. The first kappa shape index (κ1) is 10.1. The summed E-state index contributed by atoms with van der Waals surface area (Å²) in [5.41, 5.74) is 3.67. The van der Waals surface area contributed by atoms with Crippen LogP contribution in [0.1, 0.15) is 18.2 Å². The van der Waals surface area contributed by atoms with Gasteiger partial charge in [-0.25, -0.2) is 4.52 Å². The van der Waals surface area contributed by atoms with Crippen molar-refractivity contribution in [2.45, 2.75) is 20.3 Å². The van der Waals surface area contributed by atoms with E-state index in [9.17, 15) is 4.79 Å². The lowest BCUT2D eigenvalue weighted by Gasteiger charge is -2.00. The van der Waals surface area contributed by atoms with Gasteiger partial charge in [-0.3, -0.25) is 4.79 Å². The lowest BCUT2D eigenvalue weighted by molar-refractivity contribution is 0.911. The van der Waals surface area contributed by atoms with Crippen LogP contribution in [0.2, 0.25) is 0 Å². The number of fused-ring (bicyclic) bond motifs is 3.